The van der Waals surface area contributed by atoms with Gasteiger partial charge in [0.2, 0.25) is 5.91 Å². The molecule has 1 aliphatic carbocycles. The lowest BCUT2D eigenvalue weighted by Crippen LogP contribution is -2.30. The molecule has 1 amide bonds. The number of hydrogen-bond acceptors (Lipinski definition) is 5. The van der Waals surface area contributed by atoms with E-state index in [1.54, 1.807) is 22.9 Å². The first-order valence-corrected chi connectivity index (χ1v) is 7.40. The Morgan fingerprint density at radius 1 is 1.50 bits per heavy atom. The fraction of sp³-hybridized carbons (Fsp3) is 0.467. The highest BCUT2D eigenvalue weighted by Gasteiger charge is 2.29. The summed E-state index contributed by atoms with van der Waals surface area (Å²) in [5.74, 6) is 0.809. The molecule has 1 aromatic carbocycles. The van der Waals surface area contributed by atoms with Crippen molar-refractivity contribution >= 4 is 5.91 Å². The van der Waals surface area contributed by atoms with Gasteiger partial charge in [0, 0.05) is 0 Å². The highest BCUT2D eigenvalue weighted by atomic mass is 16.3. The van der Waals surface area contributed by atoms with Gasteiger partial charge < -0.3 is 10.4 Å². The number of aromatic nitrogens is 4. The van der Waals surface area contributed by atoms with Crippen molar-refractivity contribution in [2.45, 2.75) is 45.2 Å². The summed E-state index contributed by atoms with van der Waals surface area (Å²) in [4.78, 5) is 12.2. The van der Waals surface area contributed by atoms with Gasteiger partial charge in [-0.3, -0.25) is 4.79 Å². The Morgan fingerprint density at radius 2 is 2.27 bits per heavy atom. The van der Waals surface area contributed by atoms with Gasteiger partial charge in [0.05, 0.1) is 18.5 Å². The monoisotopic (exact) mass is 301 g/mol. The van der Waals surface area contributed by atoms with E-state index in [-0.39, 0.29) is 24.1 Å². The predicted octanol–water partition coefficient (Wildman–Crippen LogP) is 1.44. The summed E-state index contributed by atoms with van der Waals surface area (Å²) in [6.07, 6.45) is 2.44. The Balaban J connectivity index is 1.64. The molecule has 0 bridgehead atoms. The number of aryl methyl sites for hydroxylation is 1. The fourth-order valence-electron chi connectivity index (χ4n) is 2.47. The van der Waals surface area contributed by atoms with E-state index >= 15 is 0 Å². The van der Waals surface area contributed by atoms with Gasteiger partial charge in [-0.1, -0.05) is 6.07 Å². The van der Waals surface area contributed by atoms with Crippen molar-refractivity contribution < 1.29 is 9.90 Å². The number of aromatic hydroxyl groups is 1. The number of nitrogens with one attached hydrogen (secondary N) is 1. The number of phenolic OH excluding ortho intramolecular Hbond substituents is 1. The van der Waals surface area contributed by atoms with Crippen LogP contribution in [-0.2, 0) is 11.2 Å². The molecular weight excluding hydrogens is 282 g/mol. The molecule has 2 aromatic rings. The van der Waals surface area contributed by atoms with Gasteiger partial charge >= 0.3 is 0 Å². The van der Waals surface area contributed by atoms with Crippen LogP contribution in [0.25, 0.3) is 0 Å². The number of carbonyl (C=O) groups excluding carboxylic acids is 1. The highest BCUT2D eigenvalue weighted by Crippen LogP contribution is 2.35. The van der Waals surface area contributed by atoms with Crippen molar-refractivity contribution in [3.05, 3.63) is 35.2 Å². The van der Waals surface area contributed by atoms with E-state index in [2.05, 4.69) is 20.8 Å². The van der Waals surface area contributed by atoms with E-state index in [1.807, 2.05) is 13.8 Å². The number of nitrogens with zero attached hydrogens (tertiary/aromatic N) is 4. The highest BCUT2D eigenvalue weighted by molar-refractivity contribution is 5.79. The Morgan fingerprint density at radius 3 is 2.95 bits per heavy atom. The molecule has 1 saturated carbocycles. The molecule has 1 aliphatic rings. The minimum absolute atomic E-state index is 0.0911. The van der Waals surface area contributed by atoms with Crippen LogP contribution in [0.1, 0.15) is 48.8 Å². The van der Waals surface area contributed by atoms with E-state index in [4.69, 9.17) is 0 Å². The molecule has 116 valence electrons. The van der Waals surface area contributed by atoms with E-state index in [0.717, 1.165) is 24.0 Å². The van der Waals surface area contributed by atoms with E-state index in [0.29, 0.717) is 11.9 Å². The van der Waals surface area contributed by atoms with Gasteiger partial charge in [0.25, 0.3) is 0 Å². The quantitative estimate of drug-likeness (QED) is 0.871. The van der Waals surface area contributed by atoms with Crippen LogP contribution in [0.3, 0.4) is 0 Å². The first-order valence-electron chi connectivity index (χ1n) is 7.40. The van der Waals surface area contributed by atoms with Crippen LogP contribution in [0.15, 0.2) is 18.2 Å². The van der Waals surface area contributed by atoms with Crippen LogP contribution in [-0.4, -0.2) is 31.2 Å². The number of rotatable bonds is 5. The first-order chi connectivity index (χ1) is 10.5. The Labute approximate surface area is 128 Å². The van der Waals surface area contributed by atoms with Crippen molar-refractivity contribution in [2.24, 2.45) is 0 Å². The molecule has 1 aromatic heterocycles. The van der Waals surface area contributed by atoms with Gasteiger partial charge in [0.15, 0.2) is 5.82 Å². The third-order valence-corrected chi connectivity index (χ3v) is 3.85. The molecule has 0 spiro atoms. The number of carbonyl (C=O) groups is 1. The zero-order valence-electron chi connectivity index (χ0n) is 12.7. The van der Waals surface area contributed by atoms with Crippen molar-refractivity contribution in [1.82, 2.24) is 25.5 Å². The lowest BCUT2D eigenvalue weighted by Gasteiger charge is -2.14. The summed E-state index contributed by atoms with van der Waals surface area (Å²) in [6, 6.07) is 5.15. The van der Waals surface area contributed by atoms with Crippen LogP contribution in [0, 0.1) is 6.92 Å². The summed E-state index contributed by atoms with van der Waals surface area (Å²) >= 11 is 0. The van der Waals surface area contributed by atoms with Gasteiger partial charge in [-0.25, -0.2) is 4.68 Å². The Bertz CT molecular complexity index is 693. The SMILES string of the molecule is Cc1cc(O)ccc1CC(=O)NC(C)c1nnnn1C1CC1. The molecule has 3 rings (SSSR count). The number of benzene rings is 1. The molecule has 0 saturated heterocycles. The summed E-state index contributed by atoms with van der Waals surface area (Å²) in [6.45, 7) is 3.76. The summed E-state index contributed by atoms with van der Waals surface area (Å²) in [5, 5.41) is 24.1. The molecular formula is C15H19N5O2. The normalized spacial score (nSPS) is 15.5. The summed E-state index contributed by atoms with van der Waals surface area (Å²) in [5.41, 5.74) is 1.79. The molecule has 1 fully saturated rings. The van der Waals surface area contributed by atoms with Crippen LogP contribution in [0.5, 0.6) is 5.75 Å². The van der Waals surface area contributed by atoms with Crippen LogP contribution in [0.4, 0.5) is 0 Å². The second kappa shape index (κ2) is 5.75. The topological polar surface area (TPSA) is 92.9 Å². The smallest absolute Gasteiger partial charge is 0.225 e. The maximum absolute atomic E-state index is 12.2. The first kappa shape index (κ1) is 14.5. The molecule has 22 heavy (non-hydrogen) atoms. The summed E-state index contributed by atoms with van der Waals surface area (Å²) in [7, 11) is 0. The van der Waals surface area contributed by atoms with Gasteiger partial charge in [-0.2, -0.15) is 0 Å². The third kappa shape index (κ3) is 3.08. The van der Waals surface area contributed by atoms with Gasteiger partial charge in [-0.15, -0.1) is 5.10 Å². The zero-order valence-corrected chi connectivity index (χ0v) is 12.7. The van der Waals surface area contributed by atoms with Crippen molar-refractivity contribution in [3.63, 3.8) is 0 Å². The molecule has 1 heterocycles. The number of phenols is 1. The molecule has 1 atom stereocenters. The van der Waals surface area contributed by atoms with E-state index in [9.17, 15) is 9.90 Å². The second-order valence-corrected chi connectivity index (χ2v) is 5.79. The predicted molar refractivity (Wildman–Crippen MR) is 79.2 cm³/mol. The molecule has 7 heteroatoms. The van der Waals surface area contributed by atoms with Crippen molar-refractivity contribution in [2.75, 3.05) is 0 Å². The average molecular weight is 301 g/mol. The maximum Gasteiger partial charge on any atom is 0.225 e. The number of amides is 1. The standard InChI is InChI=1S/C15H19N5O2/c1-9-7-13(21)6-3-11(9)8-14(22)16-10(2)15-17-18-19-20(15)12-4-5-12/h3,6-7,10,12,21H,4-5,8H2,1-2H3,(H,16,22). The Hall–Kier alpha value is -2.44. The van der Waals surface area contributed by atoms with E-state index < -0.39 is 0 Å². The lowest BCUT2D eigenvalue weighted by atomic mass is 10.0. The molecule has 0 aliphatic heterocycles. The fourth-order valence-corrected chi connectivity index (χ4v) is 2.47. The molecule has 2 N–H and O–H groups in total. The van der Waals surface area contributed by atoms with Crippen LogP contribution >= 0.6 is 0 Å². The minimum Gasteiger partial charge on any atom is -0.508 e. The third-order valence-electron chi connectivity index (χ3n) is 3.85. The lowest BCUT2D eigenvalue weighted by molar-refractivity contribution is -0.121. The molecule has 1 unspecified atom stereocenters. The molecule has 7 nitrogen and oxygen atoms in total. The zero-order chi connectivity index (χ0) is 15.7. The van der Waals surface area contributed by atoms with Gasteiger partial charge in [0.1, 0.15) is 5.75 Å². The van der Waals surface area contributed by atoms with Crippen molar-refractivity contribution in [3.8, 4) is 5.75 Å². The summed E-state index contributed by atoms with van der Waals surface area (Å²) < 4.78 is 1.80. The van der Waals surface area contributed by atoms with E-state index in [1.165, 1.54) is 0 Å². The molecule has 0 radical (unpaired) electrons. The average Bonchev–Trinajstić information content (AvgIpc) is 3.19. The largest absolute Gasteiger partial charge is 0.508 e. The Kier molecular flexibility index (Phi) is 3.79. The van der Waals surface area contributed by atoms with Crippen LogP contribution < -0.4 is 5.32 Å². The minimum atomic E-state index is -0.236. The second-order valence-electron chi connectivity index (χ2n) is 5.79. The number of hydrogen-bond donors (Lipinski definition) is 2. The van der Waals surface area contributed by atoms with Crippen LogP contribution in [0.2, 0.25) is 0 Å². The maximum atomic E-state index is 12.2. The van der Waals surface area contributed by atoms with Gasteiger partial charge in [-0.05, 0) is 60.4 Å². The number of tetrazole rings is 1. The van der Waals surface area contributed by atoms with Crippen molar-refractivity contribution in [1.29, 1.82) is 0 Å².